The SMILES string of the molecule is CS(=O)C1(CN=C(N)Nc2ccc3c(c2)CCC3)CC1. The number of hydrogen-bond acceptors (Lipinski definition) is 2. The maximum absolute atomic E-state index is 11.6. The summed E-state index contributed by atoms with van der Waals surface area (Å²) in [6.07, 6.45) is 7.32. The summed E-state index contributed by atoms with van der Waals surface area (Å²) >= 11 is 0. The number of nitrogens with two attached hydrogens (primary N) is 1. The first-order valence-electron chi connectivity index (χ1n) is 7.11. The number of nitrogens with zero attached hydrogens (tertiary/aromatic N) is 1. The number of fused-ring (bicyclic) bond motifs is 1. The van der Waals surface area contributed by atoms with E-state index < -0.39 is 10.8 Å². The van der Waals surface area contributed by atoms with Crippen LogP contribution in [-0.4, -0.2) is 27.7 Å². The molecule has 0 spiro atoms. The van der Waals surface area contributed by atoms with Gasteiger partial charge in [0.25, 0.3) is 0 Å². The molecule has 0 heterocycles. The number of hydrogen-bond donors (Lipinski definition) is 2. The summed E-state index contributed by atoms with van der Waals surface area (Å²) in [6.45, 7) is 0.555. The standard InChI is InChI=1S/C15H21N3OS/c1-20(19)15(7-8-15)10-17-14(16)18-13-6-5-11-3-2-4-12(11)9-13/h5-6,9H,2-4,7-8,10H2,1H3,(H3,16,17,18). The van der Waals surface area contributed by atoms with E-state index in [1.807, 2.05) is 0 Å². The molecule has 1 atom stereocenters. The van der Waals surface area contributed by atoms with Crippen LogP contribution >= 0.6 is 0 Å². The molecule has 0 aromatic heterocycles. The van der Waals surface area contributed by atoms with Gasteiger partial charge in [0, 0.05) is 22.7 Å². The number of nitrogens with one attached hydrogen (secondary N) is 1. The molecule has 0 amide bonds. The molecule has 3 N–H and O–H groups in total. The Morgan fingerprint density at radius 1 is 1.40 bits per heavy atom. The highest BCUT2D eigenvalue weighted by Gasteiger charge is 2.46. The average molecular weight is 291 g/mol. The van der Waals surface area contributed by atoms with Crippen molar-refractivity contribution < 1.29 is 4.21 Å². The summed E-state index contributed by atoms with van der Waals surface area (Å²) in [6, 6.07) is 6.38. The third-order valence-electron chi connectivity index (χ3n) is 4.33. The fourth-order valence-electron chi connectivity index (χ4n) is 2.74. The number of rotatable bonds is 4. The van der Waals surface area contributed by atoms with Gasteiger partial charge in [-0.25, -0.2) is 0 Å². The minimum absolute atomic E-state index is 0.107. The second-order valence-electron chi connectivity index (χ2n) is 5.80. The van der Waals surface area contributed by atoms with E-state index in [9.17, 15) is 4.21 Å². The van der Waals surface area contributed by atoms with Crippen LogP contribution in [0.15, 0.2) is 23.2 Å². The topological polar surface area (TPSA) is 67.5 Å². The van der Waals surface area contributed by atoms with Crippen LogP contribution in [0.5, 0.6) is 0 Å². The average Bonchev–Trinajstić information content (AvgIpc) is 3.08. The zero-order chi connectivity index (χ0) is 14.2. The lowest BCUT2D eigenvalue weighted by Gasteiger charge is -2.11. The highest BCUT2D eigenvalue weighted by atomic mass is 32.2. The molecule has 0 radical (unpaired) electrons. The largest absolute Gasteiger partial charge is 0.370 e. The van der Waals surface area contributed by atoms with Crippen LogP contribution in [0.1, 0.15) is 30.4 Å². The van der Waals surface area contributed by atoms with Crippen molar-refractivity contribution in [3.8, 4) is 0 Å². The Morgan fingerprint density at radius 2 is 2.15 bits per heavy atom. The zero-order valence-electron chi connectivity index (χ0n) is 11.8. The lowest BCUT2D eigenvalue weighted by atomic mass is 10.1. The lowest BCUT2D eigenvalue weighted by Crippen LogP contribution is -2.27. The smallest absolute Gasteiger partial charge is 0.193 e. The van der Waals surface area contributed by atoms with Crippen molar-refractivity contribution in [1.29, 1.82) is 0 Å². The number of anilines is 1. The summed E-state index contributed by atoms with van der Waals surface area (Å²) in [7, 11) is -0.818. The Hall–Kier alpha value is -1.36. The molecule has 1 unspecified atom stereocenters. The summed E-state index contributed by atoms with van der Waals surface area (Å²) < 4.78 is 11.5. The summed E-state index contributed by atoms with van der Waals surface area (Å²) in [4.78, 5) is 4.36. The van der Waals surface area contributed by atoms with Crippen molar-refractivity contribution in [3.63, 3.8) is 0 Å². The van der Waals surface area contributed by atoms with Crippen molar-refractivity contribution in [2.75, 3.05) is 18.1 Å². The van der Waals surface area contributed by atoms with E-state index in [1.54, 1.807) is 6.26 Å². The Bertz CT molecular complexity index is 578. The van der Waals surface area contributed by atoms with Crippen LogP contribution in [0, 0.1) is 0 Å². The van der Waals surface area contributed by atoms with Crippen LogP contribution in [0.4, 0.5) is 5.69 Å². The molecular weight excluding hydrogens is 270 g/mol. The molecule has 20 heavy (non-hydrogen) atoms. The molecule has 3 rings (SSSR count). The number of aryl methyl sites for hydroxylation is 2. The molecule has 1 aromatic carbocycles. The fraction of sp³-hybridized carbons (Fsp3) is 0.533. The molecule has 1 fully saturated rings. The summed E-state index contributed by atoms with van der Waals surface area (Å²) in [5, 5.41) is 3.14. The van der Waals surface area contributed by atoms with Gasteiger partial charge in [-0.1, -0.05) is 6.07 Å². The van der Waals surface area contributed by atoms with Crippen molar-refractivity contribution in [1.82, 2.24) is 0 Å². The van der Waals surface area contributed by atoms with Gasteiger partial charge in [-0.05, 0) is 55.4 Å². The molecule has 1 saturated carbocycles. The maximum atomic E-state index is 11.6. The van der Waals surface area contributed by atoms with Gasteiger partial charge in [0.05, 0.1) is 11.3 Å². The van der Waals surface area contributed by atoms with Gasteiger partial charge in [-0.3, -0.25) is 9.20 Å². The molecule has 0 bridgehead atoms. The molecule has 0 aliphatic heterocycles. The molecule has 2 aliphatic rings. The van der Waals surface area contributed by atoms with Crippen molar-refractivity contribution in [3.05, 3.63) is 29.3 Å². The number of aliphatic imine (C=N–C) groups is 1. The van der Waals surface area contributed by atoms with Crippen LogP contribution < -0.4 is 11.1 Å². The number of benzene rings is 1. The summed E-state index contributed by atoms with van der Waals surface area (Å²) in [5.41, 5.74) is 9.78. The second kappa shape index (κ2) is 5.20. The van der Waals surface area contributed by atoms with Crippen LogP contribution in [0.2, 0.25) is 0 Å². The van der Waals surface area contributed by atoms with Gasteiger partial charge in [-0.2, -0.15) is 0 Å². The third kappa shape index (κ3) is 2.73. The van der Waals surface area contributed by atoms with E-state index in [-0.39, 0.29) is 4.75 Å². The normalized spacial score (nSPS) is 21.4. The predicted molar refractivity (Wildman–Crippen MR) is 84.6 cm³/mol. The van der Waals surface area contributed by atoms with Crippen molar-refractivity contribution in [2.24, 2.45) is 10.7 Å². The quantitative estimate of drug-likeness (QED) is 0.657. The van der Waals surface area contributed by atoms with Crippen LogP contribution in [0.3, 0.4) is 0 Å². The maximum Gasteiger partial charge on any atom is 0.193 e. The van der Waals surface area contributed by atoms with E-state index in [4.69, 9.17) is 5.73 Å². The fourth-order valence-corrected chi connectivity index (χ4v) is 3.67. The van der Waals surface area contributed by atoms with Gasteiger partial charge >= 0.3 is 0 Å². The molecule has 4 nitrogen and oxygen atoms in total. The van der Waals surface area contributed by atoms with Crippen LogP contribution in [-0.2, 0) is 23.6 Å². The number of guanidine groups is 1. The second-order valence-corrected chi connectivity index (χ2v) is 7.57. The van der Waals surface area contributed by atoms with E-state index in [2.05, 4.69) is 28.5 Å². The lowest BCUT2D eigenvalue weighted by molar-refractivity contribution is 0.672. The van der Waals surface area contributed by atoms with Gasteiger partial charge in [0.15, 0.2) is 5.96 Å². The van der Waals surface area contributed by atoms with Crippen LogP contribution in [0.25, 0.3) is 0 Å². The Balaban J connectivity index is 1.64. The molecule has 0 saturated heterocycles. The van der Waals surface area contributed by atoms with Gasteiger partial charge in [0.2, 0.25) is 0 Å². The molecule has 108 valence electrons. The van der Waals surface area contributed by atoms with Crippen molar-refractivity contribution in [2.45, 2.75) is 36.9 Å². The Kier molecular flexibility index (Phi) is 3.54. The molecule has 1 aromatic rings. The Morgan fingerprint density at radius 3 is 2.85 bits per heavy atom. The van der Waals surface area contributed by atoms with Crippen molar-refractivity contribution >= 4 is 22.4 Å². The first kappa shape index (κ1) is 13.6. The van der Waals surface area contributed by atoms with E-state index in [0.29, 0.717) is 12.5 Å². The van der Waals surface area contributed by atoms with E-state index in [1.165, 1.54) is 24.0 Å². The van der Waals surface area contributed by atoms with Gasteiger partial charge in [0.1, 0.15) is 0 Å². The highest BCUT2D eigenvalue weighted by Crippen LogP contribution is 2.41. The molecule has 2 aliphatic carbocycles. The highest BCUT2D eigenvalue weighted by molar-refractivity contribution is 7.86. The monoisotopic (exact) mass is 291 g/mol. The molecular formula is C15H21N3OS. The predicted octanol–water partition coefficient (Wildman–Crippen LogP) is 1.81. The Labute approximate surface area is 122 Å². The summed E-state index contributed by atoms with van der Waals surface area (Å²) in [5.74, 6) is 0.416. The zero-order valence-corrected chi connectivity index (χ0v) is 12.6. The minimum atomic E-state index is -0.818. The molecule has 5 heteroatoms. The minimum Gasteiger partial charge on any atom is -0.370 e. The first-order chi connectivity index (χ1) is 9.59. The third-order valence-corrected chi connectivity index (χ3v) is 6.08. The van der Waals surface area contributed by atoms with Gasteiger partial charge < -0.3 is 11.1 Å². The first-order valence-corrected chi connectivity index (χ1v) is 8.67. The van der Waals surface area contributed by atoms with Gasteiger partial charge in [-0.15, -0.1) is 0 Å². The van der Waals surface area contributed by atoms with E-state index >= 15 is 0 Å². The van der Waals surface area contributed by atoms with E-state index in [0.717, 1.165) is 24.9 Å².